The van der Waals surface area contributed by atoms with Crippen LogP contribution < -0.4 is 10.2 Å². The zero-order valence-electron chi connectivity index (χ0n) is 16.0. The molecule has 2 aliphatic heterocycles. The number of rotatable bonds is 6. The first-order valence-corrected chi connectivity index (χ1v) is 9.96. The Morgan fingerprint density at radius 3 is 2.65 bits per heavy atom. The Morgan fingerprint density at radius 1 is 1.23 bits per heavy atom. The van der Waals surface area contributed by atoms with E-state index in [0.29, 0.717) is 25.9 Å². The fraction of sp³-hybridized carbons (Fsp3) is 0.737. The lowest BCUT2D eigenvalue weighted by molar-refractivity contribution is -0.127. The minimum atomic E-state index is -0.471. The highest BCUT2D eigenvalue weighted by Crippen LogP contribution is 2.26. The average Bonchev–Trinajstić information content (AvgIpc) is 2.81. The predicted octanol–water partition coefficient (Wildman–Crippen LogP) is 1.70. The van der Waals surface area contributed by atoms with Crippen molar-refractivity contribution in [1.29, 1.82) is 0 Å². The largest absolute Gasteiger partial charge is 0.353 e. The van der Waals surface area contributed by atoms with E-state index < -0.39 is 6.04 Å². The van der Waals surface area contributed by atoms with E-state index in [2.05, 4.69) is 15.3 Å². The maximum Gasteiger partial charge on any atom is 0.243 e. The fourth-order valence-corrected chi connectivity index (χ4v) is 3.97. The highest BCUT2D eigenvalue weighted by Gasteiger charge is 2.34. The van der Waals surface area contributed by atoms with Gasteiger partial charge in [0, 0.05) is 25.6 Å². The molecule has 3 heterocycles. The summed E-state index contributed by atoms with van der Waals surface area (Å²) in [5, 5.41) is 7.48. The molecule has 2 amide bonds. The van der Waals surface area contributed by atoms with Gasteiger partial charge in [0.1, 0.15) is 11.9 Å². The number of hydrogen-bond donors (Lipinski definition) is 1. The first kappa shape index (κ1) is 18.9. The van der Waals surface area contributed by atoms with Gasteiger partial charge in [0.05, 0.1) is 12.2 Å². The third-order valence-corrected chi connectivity index (χ3v) is 5.36. The Morgan fingerprint density at radius 2 is 1.96 bits per heavy atom. The van der Waals surface area contributed by atoms with Crippen molar-refractivity contribution in [2.45, 2.75) is 65.0 Å². The van der Waals surface area contributed by atoms with Crippen LogP contribution >= 0.6 is 0 Å². The number of likely N-dealkylation sites (tertiary alicyclic amines) is 1. The van der Waals surface area contributed by atoms with E-state index in [1.54, 1.807) is 4.90 Å². The second-order valence-corrected chi connectivity index (χ2v) is 7.35. The first-order valence-electron chi connectivity index (χ1n) is 9.96. The zero-order chi connectivity index (χ0) is 18.5. The van der Waals surface area contributed by atoms with Gasteiger partial charge in [-0.05, 0) is 39.3 Å². The van der Waals surface area contributed by atoms with Gasteiger partial charge in [0.25, 0.3) is 0 Å². The number of carbonyl (C=O) groups is 2. The van der Waals surface area contributed by atoms with Gasteiger partial charge in [-0.15, -0.1) is 0 Å². The summed E-state index contributed by atoms with van der Waals surface area (Å²) in [5.74, 6) is 0.683. The molecule has 0 aromatic carbocycles. The number of carbonyl (C=O) groups excluding carboxylic acids is 2. The van der Waals surface area contributed by atoms with Crippen LogP contribution in [0.5, 0.6) is 0 Å². The maximum atomic E-state index is 12.8. The number of fused-ring (bicyclic) bond motifs is 1. The molecule has 1 fully saturated rings. The number of anilines is 1. The monoisotopic (exact) mass is 361 g/mol. The van der Waals surface area contributed by atoms with E-state index in [1.807, 2.05) is 24.6 Å². The lowest BCUT2D eigenvalue weighted by Crippen LogP contribution is -2.53. The minimum absolute atomic E-state index is 0.00641. The van der Waals surface area contributed by atoms with Gasteiger partial charge >= 0.3 is 0 Å². The Hall–Kier alpha value is -1.89. The fourth-order valence-electron chi connectivity index (χ4n) is 3.97. The Bertz CT molecular complexity index is 634. The number of nitrogens with zero attached hydrogens (tertiary/aromatic N) is 4. The van der Waals surface area contributed by atoms with Crippen LogP contribution in [0.4, 0.5) is 5.82 Å². The summed E-state index contributed by atoms with van der Waals surface area (Å²) in [5.41, 5.74) is 0.871. The molecule has 0 bridgehead atoms. The molecule has 1 N–H and O–H groups in total. The van der Waals surface area contributed by atoms with E-state index in [9.17, 15) is 9.59 Å². The minimum Gasteiger partial charge on any atom is -0.353 e. The molecule has 3 rings (SSSR count). The molecule has 26 heavy (non-hydrogen) atoms. The lowest BCUT2D eigenvalue weighted by Gasteiger charge is -2.33. The molecule has 1 atom stereocenters. The van der Waals surface area contributed by atoms with Crippen LogP contribution in [0.2, 0.25) is 0 Å². The SMILES string of the molecule is CC[C@H](C(=O)NCCN1CCCCCC1)N1C(=O)CCn2nc(C)cc21. The molecule has 2 aliphatic rings. The summed E-state index contributed by atoms with van der Waals surface area (Å²) in [6, 6.07) is 1.42. The second-order valence-electron chi connectivity index (χ2n) is 7.35. The number of aromatic nitrogens is 2. The van der Waals surface area contributed by atoms with Gasteiger partial charge in [-0.2, -0.15) is 5.10 Å². The summed E-state index contributed by atoms with van der Waals surface area (Å²) in [4.78, 5) is 29.4. The summed E-state index contributed by atoms with van der Waals surface area (Å²) >= 11 is 0. The van der Waals surface area contributed by atoms with Gasteiger partial charge in [-0.3, -0.25) is 14.5 Å². The normalized spacial score (nSPS) is 19.8. The summed E-state index contributed by atoms with van der Waals surface area (Å²) in [6.45, 7) is 8.21. The molecule has 1 aromatic rings. The van der Waals surface area contributed by atoms with Crippen molar-refractivity contribution in [3.63, 3.8) is 0 Å². The van der Waals surface area contributed by atoms with Crippen molar-refractivity contribution in [3.05, 3.63) is 11.8 Å². The van der Waals surface area contributed by atoms with Crippen LogP contribution in [-0.4, -0.2) is 58.7 Å². The Kier molecular flexibility index (Phi) is 6.29. The number of amides is 2. The third-order valence-electron chi connectivity index (χ3n) is 5.36. The van der Waals surface area contributed by atoms with Gasteiger partial charge in [0.15, 0.2) is 0 Å². The van der Waals surface area contributed by atoms with E-state index in [1.165, 1.54) is 25.7 Å². The lowest BCUT2D eigenvalue weighted by atomic mass is 10.1. The average molecular weight is 361 g/mol. The molecule has 7 heteroatoms. The molecular weight excluding hydrogens is 330 g/mol. The highest BCUT2D eigenvalue weighted by atomic mass is 16.2. The van der Waals surface area contributed by atoms with Crippen LogP contribution in [0.15, 0.2) is 6.07 Å². The summed E-state index contributed by atoms with van der Waals surface area (Å²) < 4.78 is 1.84. The molecule has 144 valence electrons. The van der Waals surface area contributed by atoms with Crippen molar-refractivity contribution < 1.29 is 9.59 Å². The number of aryl methyl sites for hydroxylation is 2. The maximum absolute atomic E-state index is 12.8. The van der Waals surface area contributed by atoms with Crippen molar-refractivity contribution in [1.82, 2.24) is 20.0 Å². The highest BCUT2D eigenvalue weighted by molar-refractivity contribution is 6.00. The Balaban J connectivity index is 1.60. The van der Waals surface area contributed by atoms with E-state index >= 15 is 0 Å². The van der Waals surface area contributed by atoms with Crippen molar-refractivity contribution in [3.8, 4) is 0 Å². The molecule has 1 saturated heterocycles. The van der Waals surface area contributed by atoms with Crippen LogP contribution in [0, 0.1) is 6.92 Å². The van der Waals surface area contributed by atoms with E-state index in [0.717, 1.165) is 31.1 Å². The van der Waals surface area contributed by atoms with Gasteiger partial charge < -0.3 is 10.2 Å². The van der Waals surface area contributed by atoms with Crippen molar-refractivity contribution >= 4 is 17.6 Å². The third kappa shape index (κ3) is 4.26. The van der Waals surface area contributed by atoms with Gasteiger partial charge in [-0.1, -0.05) is 19.8 Å². The summed E-state index contributed by atoms with van der Waals surface area (Å²) in [6.07, 6.45) is 6.10. The molecule has 0 saturated carbocycles. The van der Waals surface area contributed by atoms with Crippen molar-refractivity contribution in [2.24, 2.45) is 0 Å². The molecule has 7 nitrogen and oxygen atoms in total. The number of nitrogens with one attached hydrogen (secondary N) is 1. The van der Waals surface area contributed by atoms with E-state index in [4.69, 9.17) is 0 Å². The quantitative estimate of drug-likeness (QED) is 0.837. The molecular formula is C19H31N5O2. The van der Waals surface area contributed by atoms with Gasteiger partial charge in [0.2, 0.25) is 11.8 Å². The molecule has 0 spiro atoms. The van der Waals surface area contributed by atoms with E-state index in [-0.39, 0.29) is 11.8 Å². The Labute approximate surface area is 155 Å². The smallest absolute Gasteiger partial charge is 0.243 e. The summed E-state index contributed by atoms with van der Waals surface area (Å²) in [7, 11) is 0. The molecule has 0 unspecified atom stereocenters. The number of hydrogen-bond acceptors (Lipinski definition) is 4. The zero-order valence-corrected chi connectivity index (χ0v) is 16.0. The molecule has 1 aromatic heterocycles. The first-order chi connectivity index (χ1) is 12.6. The topological polar surface area (TPSA) is 70.5 Å². The van der Waals surface area contributed by atoms with Gasteiger partial charge in [-0.25, -0.2) is 4.68 Å². The van der Waals surface area contributed by atoms with Crippen LogP contribution in [-0.2, 0) is 16.1 Å². The standard InChI is InChI=1S/C19H31N5O2/c1-3-16(19(26)20-9-13-22-10-6-4-5-7-11-22)24-17-14-15(2)21-23(17)12-8-18(24)25/h14,16H,3-13H2,1-2H3,(H,20,26)/t16-/m1/s1. The predicted molar refractivity (Wildman–Crippen MR) is 101 cm³/mol. The van der Waals surface area contributed by atoms with Crippen molar-refractivity contribution in [2.75, 3.05) is 31.1 Å². The van der Waals surface area contributed by atoms with Crippen LogP contribution in [0.25, 0.3) is 0 Å². The van der Waals surface area contributed by atoms with Crippen LogP contribution in [0.1, 0.15) is 51.1 Å². The second kappa shape index (κ2) is 8.66. The van der Waals surface area contributed by atoms with Crippen LogP contribution in [0.3, 0.4) is 0 Å². The molecule has 0 radical (unpaired) electrons. The molecule has 0 aliphatic carbocycles.